The minimum absolute atomic E-state index is 0.0883. The van der Waals surface area contributed by atoms with E-state index in [4.69, 9.17) is 9.92 Å². The van der Waals surface area contributed by atoms with Crippen LogP contribution in [0.2, 0.25) is 0 Å². The Labute approximate surface area is 170 Å². The van der Waals surface area contributed by atoms with Crippen LogP contribution in [0.25, 0.3) is 0 Å². The average molecular weight is 446 g/mol. The highest BCUT2D eigenvalue weighted by Gasteiger charge is 2.36. The van der Waals surface area contributed by atoms with Crippen LogP contribution in [0.1, 0.15) is 16.7 Å². The maximum Gasteiger partial charge on any atom is 0.306 e. The van der Waals surface area contributed by atoms with Crippen molar-refractivity contribution in [3.05, 3.63) is 53.1 Å². The van der Waals surface area contributed by atoms with Crippen LogP contribution in [-0.2, 0) is 23.1 Å². The highest BCUT2D eigenvalue weighted by atomic mass is 32.3. The summed E-state index contributed by atoms with van der Waals surface area (Å²) in [6.07, 6.45) is 0.0411. The van der Waals surface area contributed by atoms with Gasteiger partial charge in [0.2, 0.25) is 0 Å². The largest absolute Gasteiger partial charge is 0.506 e. The Hall–Kier alpha value is -2.06. The lowest BCUT2D eigenvalue weighted by Crippen LogP contribution is -2.25. The number of nitrogens with one attached hydrogen (secondary N) is 1. The van der Waals surface area contributed by atoms with Crippen molar-refractivity contribution in [1.29, 1.82) is 0 Å². The van der Waals surface area contributed by atoms with Crippen LogP contribution in [0.15, 0.2) is 36.4 Å². The molecule has 1 heterocycles. The number of hydrogen-bond donors (Lipinski definition) is 6. The van der Waals surface area contributed by atoms with Gasteiger partial charge in [-0.25, -0.2) is 0 Å². The van der Waals surface area contributed by atoms with E-state index in [-0.39, 0.29) is 36.7 Å². The first kappa shape index (κ1) is 21.6. The Morgan fingerprint density at radius 3 is 2.52 bits per heavy atom. The molecule has 160 valence electrons. The predicted molar refractivity (Wildman–Crippen MR) is 110 cm³/mol. The maximum atomic E-state index is 11.6. The first-order chi connectivity index (χ1) is 13.5. The zero-order valence-corrected chi connectivity index (χ0v) is 17.2. The van der Waals surface area contributed by atoms with E-state index in [0.717, 1.165) is 10.6 Å². The van der Waals surface area contributed by atoms with Gasteiger partial charge in [-0.05, 0) is 17.7 Å². The van der Waals surface area contributed by atoms with Crippen molar-refractivity contribution in [3.8, 4) is 11.5 Å². The summed E-state index contributed by atoms with van der Waals surface area (Å²) in [6.45, 7) is -0.0227. The number of β-amino-alcohol motifs (C(OH)–C–C–N with tert-alkyl or cyclic N) is 1. The first-order valence-electron chi connectivity index (χ1n) is 8.53. The molecular formula is C17H23N3O7S2. The number of aliphatic hydroxyl groups excluding tert-OH is 1. The Bertz CT molecular complexity index is 1010. The van der Waals surface area contributed by atoms with Gasteiger partial charge in [0.15, 0.2) is 5.75 Å². The Balaban J connectivity index is 1.92. The minimum atomic E-state index is -3.76. The summed E-state index contributed by atoms with van der Waals surface area (Å²) in [7, 11) is -7.21. The lowest BCUT2D eigenvalue weighted by molar-refractivity contribution is 0.182. The second-order valence-electron chi connectivity index (χ2n) is 6.61. The van der Waals surface area contributed by atoms with Gasteiger partial charge in [0.25, 0.3) is 0 Å². The summed E-state index contributed by atoms with van der Waals surface area (Å²) in [6, 6.07) is 9.66. The molecule has 29 heavy (non-hydrogen) atoms. The molecule has 12 heteroatoms. The standard InChI is InChI=1S/C17H23N3O7S2/c1-28(23,24)27-17-12(3-2-4-13(17)9-18)7-11-5-6-14(15(21)8-11)20-10-16(22)19-29(20,25)26/h2-6,8,16,19,21-22,25-26H,7,9-10,18H2,1H3. The molecule has 0 saturated carbocycles. The Morgan fingerprint density at radius 2 is 1.97 bits per heavy atom. The third kappa shape index (κ3) is 4.93. The third-order valence-electron chi connectivity index (χ3n) is 4.28. The van der Waals surface area contributed by atoms with Gasteiger partial charge in [-0.3, -0.25) is 13.4 Å². The van der Waals surface area contributed by atoms with Crippen LogP contribution in [-0.4, -0.2) is 46.8 Å². The molecule has 0 bridgehead atoms. The van der Waals surface area contributed by atoms with Crippen molar-refractivity contribution >= 4 is 26.8 Å². The average Bonchev–Trinajstić information content (AvgIpc) is 2.87. The highest BCUT2D eigenvalue weighted by molar-refractivity contribution is 8.24. The van der Waals surface area contributed by atoms with Crippen LogP contribution >= 0.6 is 11.0 Å². The molecule has 1 aliphatic heterocycles. The van der Waals surface area contributed by atoms with Crippen LogP contribution in [0, 0.1) is 0 Å². The molecule has 3 rings (SSSR count). The molecule has 2 aromatic carbocycles. The van der Waals surface area contributed by atoms with Gasteiger partial charge in [-0.15, -0.1) is 0 Å². The smallest absolute Gasteiger partial charge is 0.306 e. The normalized spacial score (nSPS) is 19.9. The maximum absolute atomic E-state index is 11.6. The lowest BCUT2D eigenvalue weighted by Gasteiger charge is -2.36. The molecule has 1 aliphatic rings. The molecule has 0 radical (unpaired) electrons. The van der Waals surface area contributed by atoms with Crippen molar-refractivity contribution in [3.63, 3.8) is 0 Å². The lowest BCUT2D eigenvalue weighted by atomic mass is 10.0. The van der Waals surface area contributed by atoms with E-state index in [1.807, 2.05) is 0 Å². The zero-order valence-electron chi connectivity index (χ0n) is 15.5. The first-order valence-corrected chi connectivity index (χ1v) is 11.9. The minimum Gasteiger partial charge on any atom is -0.506 e. The fraction of sp³-hybridized carbons (Fsp3) is 0.294. The van der Waals surface area contributed by atoms with Gasteiger partial charge in [-0.2, -0.15) is 13.1 Å². The molecular weight excluding hydrogens is 422 g/mol. The van der Waals surface area contributed by atoms with Crippen molar-refractivity contribution in [1.82, 2.24) is 4.72 Å². The van der Waals surface area contributed by atoms with Gasteiger partial charge in [0.05, 0.1) is 12.8 Å². The van der Waals surface area contributed by atoms with E-state index in [1.54, 1.807) is 24.3 Å². The van der Waals surface area contributed by atoms with Crippen LogP contribution in [0.5, 0.6) is 11.5 Å². The number of nitrogens with zero attached hydrogens (tertiary/aromatic N) is 1. The van der Waals surface area contributed by atoms with Crippen molar-refractivity contribution in [2.24, 2.45) is 5.73 Å². The van der Waals surface area contributed by atoms with Gasteiger partial charge in [0, 0.05) is 24.1 Å². The quantitative estimate of drug-likeness (QED) is 0.354. The van der Waals surface area contributed by atoms with Crippen molar-refractivity contribution < 1.29 is 31.9 Å². The molecule has 1 saturated heterocycles. The number of para-hydroxylation sites is 1. The molecule has 0 spiro atoms. The van der Waals surface area contributed by atoms with Crippen LogP contribution in [0.4, 0.5) is 5.69 Å². The van der Waals surface area contributed by atoms with Gasteiger partial charge >= 0.3 is 10.1 Å². The molecule has 0 aliphatic carbocycles. The zero-order chi connectivity index (χ0) is 21.4. The number of aromatic hydroxyl groups is 1. The predicted octanol–water partition coefficient (Wildman–Crippen LogP) is 1.09. The van der Waals surface area contributed by atoms with E-state index < -0.39 is 27.3 Å². The fourth-order valence-corrected chi connectivity index (χ4v) is 4.95. The SMILES string of the molecule is CS(=O)(=O)Oc1c(CN)cccc1Cc1ccc(N2CC(O)NS2(O)O)c(O)c1. The molecule has 10 nitrogen and oxygen atoms in total. The summed E-state index contributed by atoms with van der Waals surface area (Å²) in [5.41, 5.74) is 7.55. The number of phenols is 1. The van der Waals surface area contributed by atoms with E-state index in [2.05, 4.69) is 4.72 Å². The number of nitrogens with two attached hydrogens (primary N) is 1. The molecule has 1 unspecified atom stereocenters. The van der Waals surface area contributed by atoms with E-state index in [0.29, 0.717) is 16.7 Å². The molecule has 0 amide bonds. The van der Waals surface area contributed by atoms with Crippen LogP contribution < -0.4 is 18.9 Å². The van der Waals surface area contributed by atoms with E-state index >= 15 is 0 Å². The van der Waals surface area contributed by atoms with Gasteiger partial charge in [-0.1, -0.05) is 35.2 Å². The molecule has 1 atom stereocenters. The highest BCUT2D eigenvalue weighted by Crippen LogP contribution is 2.49. The molecule has 0 aromatic heterocycles. The number of hydrogen-bond acceptors (Lipinski definition) is 10. The topological polar surface area (TPSA) is 166 Å². The van der Waals surface area contributed by atoms with Crippen LogP contribution in [0.3, 0.4) is 0 Å². The summed E-state index contributed by atoms with van der Waals surface area (Å²) in [5, 5.41) is 20.0. The van der Waals surface area contributed by atoms with Crippen molar-refractivity contribution in [2.75, 3.05) is 17.1 Å². The monoisotopic (exact) mass is 445 g/mol. The second-order valence-corrected chi connectivity index (χ2v) is 9.90. The number of phenolic OH excluding ortho intramolecular Hbond substituents is 1. The number of aliphatic hydroxyl groups is 1. The summed E-state index contributed by atoms with van der Waals surface area (Å²) >= 11 is 0. The van der Waals surface area contributed by atoms with Gasteiger partial charge in [0.1, 0.15) is 17.7 Å². The fourth-order valence-electron chi connectivity index (χ4n) is 3.09. The number of rotatable bonds is 6. The molecule has 7 N–H and O–H groups in total. The number of anilines is 1. The van der Waals surface area contributed by atoms with E-state index in [1.165, 1.54) is 12.1 Å². The summed E-state index contributed by atoms with van der Waals surface area (Å²) < 4.78 is 51.7. The summed E-state index contributed by atoms with van der Waals surface area (Å²) in [5.74, 6) is -0.0685. The van der Waals surface area contributed by atoms with Gasteiger partial charge < -0.3 is 20.1 Å². The second kappa shape index (κ2) is 7.99. The van der Waals surface area contributed by atoms with Crippen molar-refractivity contribution in [2.45, 2.75) is 19.2 Å². The molecule has 1 fully saturated rings. The molecule has 2 aromatic rings. The third-order valence-corrected chi connectivity index (χ3v) is 6.29. The Kier molecular flexibility index (Phi) is 5.96. The Morgan fingerprint density at radius 1 is 1.28 bits per heavy atom. The van der Waals surface area contributed by atoms with E-state index in [9.17, 15) is 27.7 Å². The number of benzene rings is 2. The summed E-state index contributed by atoms with van der Waals surface area (Å²) in [4.78, 5) is 0.